The Kier molecular flexibility index (Phi) is 36.6. The van der Waals surface area contributed by atoms with E-state index in [9.17, 15) is 63.0 Å². The molecule has 22 nitrogen and oxygen atoms in total. The maximum atomic E-state index is 12.7. The highest BCUT2D eigenvalue weighted by Gasteiger charge is 2.37. The van der Waals surface area contributed by atoms with Crippen LogP contribution in [0.3, 0.4) is 0 Å². The van der Waals surface area contributed by atoms with Crippen molar-refractivity contribution >= 4 is 43.9 Å². The van der Waals surface area contributed by atoms with Crippen LogP contribution in [0.25, 0.3) is 0 Å². The van der Waals surface area contributed by atoms with Gasteiger partial charge in [0.15, 0.2) is 26.2 Å². The first kappa shape index (κ1) is 84.8. The number of ether oxygens (including phenoxy) is 8. The summed E-state index contributed by atoms with van der Waals surface area (Å²) in [5.41, 5.74) is -10.8. The molecule has 10 atom stereocenters. The molecule has 2 aromatic rings. The first-order valence-electron chi connectivity index (χ1n) is 38.0. The Morgan fingerprint density at radius 2 is 0.618 bits per heavy atom. The molecule has 584 valence electrons. The molecule has 6 heterocycles. The molecule has 2 N–H and O–H groups in total. The van der Waals surface area contributed by atoms with Crippen LogP contribution in [0.15, 0.2) is 37.4 Å². The van der Waals surface area contributed by atoms with Crippen LogP contribution in [0.4, 0.5) is 26.3 Å². The van der Waals surface area contributed by atoms with Crippen molar-refractivity contribution in [3.05, 3.63) is 37.4 Å². The third-order valence-electron chi connectivity index (χ3n) is 21.6. The van der Waals surface area contributed by atoms with E-state index in [0.29, 0.717) is 98.2 Å². The molecule has 30 heteroatoms. The fraction of sp³-hybridized carbons (Fsp3) is 0.861. The number of nitrogens with zero attached hydrogens (tertiary/aromatic N) is 4. The zero-order valence-electron chi connectivity index (χ0n) is 59.7. The maximum Gasteiger partial charge on any atom is 0.466 e. The smallest absolute Gasteiger partial charge is 0.466 e. The summed E-state index contributed by atoms with van der Waals surface area (Å²) >= 11 is 0. The average Bonchev–Trinajstić information content (AvgIpc) is 1.64. The van der Waals surface area contributed by atoms with Crippen LogP contribution in [0.5, 0.6) is 0 Å². The van der Waals surface area contributed by atoms with Gasteiger partial charge < -0.3 is 47.0 Å². The van der Waals surface area contributed by atoms with Gasteiger partial charge in [-0.15, -0.1) is 0 Å². The maximum absolute atomic E-state index is 12.7. The number of esters is 4. The molecule has 4 aliphatic heterocycles. The number of hydrogen-bond donors (Lipinski definition) is 2. The van der Waals surface area contributed by atoms with E-state index >= 15 is 0 Å². The summed E-state index contributed by atoms with van der Waals surface area (Å²) in [6.45, 7) is 5.73. The quantitative estimate of drug-likeness (QED) is 0.0409. The van der Waals surface area contributed by atoms with Gasteiger partial charge >= 0.3 is 34.9 Å². The van der Waals surface area contributed by atoms with Gasteiger partial charge in [0, 0.05) is 26.4 Å². The summed E-state index contributed by atoms with van der Waals surface area (Å²) in [5, 5.41) is 0. The van der Waals surface area contributed by atoms with Gasteiger partial charge in [-0.3, -0.25) is 18.0 Å². The summed E-state index contributed by atoms with van der Waals surface area (Å²) in [5.74, 6) is 3.16. The molecule has 0 amide bonds. The molecule has 10 rings (SSSR count). The SMILES string of the molecule is N=S(=O)([O-])C(F)(F)F.N=S(=O)([O-])C(F)(F)F.O=C(Cn1cc[n+](CC(=O)OCC2CCCOC(C3CCCCCC3)C2)c1)OCC1CCCOC(C2CCCCCC2)C1.O=C(Cn1cc[n+](CC(=O)OCC2CCCOC(C3CCCCCC3)C2)c1)OCC1CCCOC(C2CCCCCC2)C1. The number of carbonyl (C=O) groups is 4. The molecule has 4 saturated carbocycles. The molecule has 4 aliphatic carbocycles. The zero-order valence-corrected chi connectivity index (χ0v) is 61.4. The molecule has 102 heavy (non-hydrogen) atoms. The Morgan fingerprint density at radius 1 is 0.392 bits per heavy atom. The second-order valence-corrected chi connectivity index (χ2v) is 32.7. The van der Waals surface area contributed by atoms with E-state index in [1.165, 1.54) is 154 Å². The predicted molar refractivity (Wildman–Crippen MR) is 362 cm³/mol. The fourth-order valence-electron chi connectivity index (χ4n) is 16.0. The number of rotatable bonds is 20. The Balaban J connectivity index is 0.000000235. The Bertz CT molecular complexity index is 2640. The van der Waals surface area contributed by atoms with E-state index in [2.05, 4.69) is 0 Å². The highest BCUT2D eigenvalue weighted by molar-refractivity contribution is 7.87. The minimum absolute atomic E-state index is 0.141. The summed E-state index contributed by atoms with van der Waals surface area (Å²) in [6, 6.07) is 0. The van der Waals surface area contributed by atoms with Crippen molar-refractivity contribution in [2.75, 3.05) is 52.9 Å². The largest absolute Gasteiger partial charge is 0.758 e. The Morgan fingerprint density at radius 3 is 0.843 bits per heavy atom. The van der Waals surface area contributed by atoms with Crippen LogP contribution >= 0.6 is 0 Å². The normalized spacial score (nSPS) is 27.3. The predicted octanol–water partition coefficient (Wildman–Crippen LogP) is 13.7. The molecule has 8 aliphatic rings. The van der Waals surface area contributed by atoms with Gasteiger partial charge in [0.05, 0.1) is 70.9 Å². The molecular weight excluding hydrogens is 1380 g/mol. The second kappa shape index (κ2) is 44.0. The van der Waals surface area contributed by atoms with Gasteiger partial charge in [0.1, 0.15) is 24.8 Å². The van der Waals surface area contributed by atoms with E-state index in [0.717, 1.165) is 103 Å². The number of carbonyl (C=O) groups excluding carboxylic acids is 4. The van der Waals surface area contributed by atoms with Gasteiger partial charge in [0.2, 0.25) is 12.7 Å². The van der Waals surface area contributed by atoms with E-state index in [-0.39, 0.29) is 50.1 Å². The second-order valence-electron chi connectivity index (χ2n) is 29.8. The summed E-state index contributed by atoms with van der Waals surface area (Å²) in [6.07, 6.45) is 55.9. The first-order valence-corrected chi connectivity index (χ1v) is 41.0. The molecule has 0 aromatic carbocycles. The minimum Gasteiger partial charge on any atom is -0.758 e. The van der Waals surface area contributed by atoms with Crippen molar-refractivity contribution in [3.8, 4) is 0 Å². The lowest BCUT2D eigenvalue weighted by Crippen LogP contribution is -2.37. The molecule has 0 bridgehead atoms. The lowest BCUT2D eigenvalue weighted by atomic mass is 9.87. The van der Waals surface area contributed by atoms with Crippen LogP contribution in [0.2, 0.25) is 0 Å². The number of imidazole rings is 2. The van der Waals surface area contributed by atoms with E-state index in [1.54, 1.807) is 30.9 Å². The summed E-state index contributed by atoms with van der Waals surface area (Å²) < 4.78 is 167. The fourth-order valence-corrected chi connectivity index (χ4v) is 16.0. The van der Waals surface area contributed by atoms with Crippen molar-refractivity contribution in [3.63, 3.8) is 0 Å². The molecular formula is C72H116F6N6O16S2. The molecule has 2 aromatic heterocycles. The number of nitrogens with one attached hydrogen (secondary N) is 2. The molecule has 0 radical (unpaired) electrons. The van der Waals surface area contributed by atoms with Gasteiger partial charge in [-0.05, 0) is 176 Å². The topological polar surface area (TPSA) is 288 Å². The standard InChI is InChI=1S/2C35H57N2O6.2CH2F3NO2S/c2*38-34(42-25-28-11-9-19-40-32(21-28)30-13-5-1-2-6-14-30)23-36-17-18-37(27-36)24-35(39)43-26-29-12-10-20-41-33(22-29)31-15-7-3-4-8-16-31;2*2-1(3,4)8(5,6)7/h2*17-18,27-33H,1-16,19-26H2;2*(H2,5,6,7)/q2*+1;;/p-2. The van der Waals surface area contributed by atoms with Crippen molar-refractivity contribution in [2.45, 2.75) is 293 Å². The third kappa shape index (κ3) is 31.9. The van der Waals surface area contributed by atoms with Crippen LogP contribution in [-0.4, -0.2) is 139 Å². The minimum atomic E-state index is -5.59. The Labute approximate surface area is 600 Å². The average molecular weight is 1500 g/mol. The first-order chi connectivity index (χ1) is 48.7. The van der Waals surface area contributed by atoms with Gasteiger partial charge in [-0.25, -0.2) is 37.4 Å². The number of alkyl halides is 6. The summed E-state index contributed by atoms with van der Waals surface area (Å²) in [7, 11) is -11.2. The lowest BCUT2D eigenvalue weighted by Gasteiger charge is -2.27. The van der Waals surface area contributed by atoms with E-state index in [1.807, 2.05) is 24.8 Å². The Hall–Kier alpha value is -4.46. The van der Waals surface area contributed by atoms with Crippen molar-refractivity contribution in [1.29, 1.82) is 9.56 Å². The van der Waals surface area contributed by atoms with Gasteiger partial charge in [-0.2, -0.15) is 26.3 Å². The molecule has 0 spiro atoms. The third-order valence-corrected chi connectivity index (χ3v) is 22.8. The highest BCUT2D eigenvalue weighted by atomic mass is 32.2. The van der Waals surface area contributed by atoms with Gasteiger partial charge in [0.25, 0.3) is 0 Å². The number of halogens is 6. The highest BCUT2D eigenvalue weighted by Crippen LogP contribution is 2.38. The van der Waals surface area contributed by atoms with Crippen molar-refractivity contribution < 1.29 is 110 Å². The van der Waals surface area contributed by atoms with Crippen LogP contribution < -0.4 is 9.13 Å². The lowest BCUT2D eigenvalue weighted by molar-refractivity contribution is -0.685. The van der Waals surface area contributed by atoms with Crippen molar-refractivity contribution in [1.82, 2.24) is 9.13 Å². The number of aromatic nitrogens is 4. The van der Waals surface area contributed by atoms with E-state index < -0.39 is 31.0 Å². The molecule has 10 unspecified atom stereocenters. The van der Waals surface area contributed by atoms with Gasteiger partial charge in [-0.1, -0.05) is 103 Å². The molecule has 4 saturated heterocycles. The molecule has 8 fully saturated rings. The van der Waals surface area contributed by atoms with Crippen LogP contribution in [0, 0.1) is 56.9 Å². The monoisotopic (exact) mass is 1500 g/mol. The van der Waals surface area contributed by atoms with Crippen LogP contribution in [-0.2, 0) is 103 Å². The van der Waals surface area contributed by atoms with E-state index in [4.69, 9.17) is 47.5 Å². The number of hydrogen-bond acceptors (Lipinski definition) is 18. The summed E-state index contributed by atoms with van der Waals surface area (Å²) in [4.78, 5) is 50.7. The van der Waals surface area contributed by atoms with Crippen molar-refractivity contribution in [2.24, 2.45) is 47.3 Å². The van der Waals surface area contributed by atoms with Crippen LogP contribution in [0.1, 0.15) is 231 Å². The zero-order chi connectivity index (χ0) is 73.4.